The van der Waals surface area contributed by atoms with E-state index in [1.807, 2.05) is 0 Å². The number of esters is 1. The van der Waals surface area contributed by atoms with Crippen LogP contribution in [0.15, 0.2) is 35.7 Å². The molecule has 0 bridgehead atoms. The first kappa shape index (κ1) is 22.8. The molecule has 0 unspecified atom stereocenters. The minimum atomic E-state index is -0.989. The lowest BCUT2D eigenvalue weighted by atomic mass is 9.81. The summed E-state index contributed by atoms with van der Waals surface area (Å²) in [7, 11) is 1.80. The van der Waals surface area contributed by atoms with E-state index in [0.29, 0.717) is 29.2 Å². The third kappa shape index (κ3) is 5.84. The van der Waals surface area contributed by atoms with Gasteiger partial charge in [0.2, 0.25) is 5.91 Å². The second kappa shape index (κ2) is 10.4. The molecule has 1 aromatic carbocycles. The van der Waals surface area contributed by atoms with E-state index in [2.05, 4.69) is 20.8 Å². The van der Waals surface area contributed by atoms with Gasteiger partial charge in [-0.05, 0) is 38.0 Å². The molecule has 2 aromatic rings. The third-order valence-corrected chi connectivity index (χ3v) is 6.17. The lowest BCUT2D eigenvalue weighted by Gasteiger charge is -2.35. The maximum Gasteiger partial charge on any atom is 0.331 e. The summed E-state index contributed by atoms with van der Waals surface area (Å²) < 4.78 is 6.97. The van der Waals surface area contributed by atoms with Gasteiger partial charge in [-0.25, -0.2) is 4.79 Å². The molecule has 2 N–H and O–H groups in total. The van der Waals surface area contributed by atoms with Crippen molar-refractivity contribution in [3.05, 3.63) is 36.2 Å². The summed E-state index contributed by atoms with van der Waals surface area (Å²) in [6.07, 6.45) is 5.44. The first-order chi connectivity index (χ1) is 14.9. The molecule has 1 aliphatic carbocycles. The maximum atomic E-state index is 12.9. The number of benzene rings is 1. The zero-order valence-corrected chi connectivity index (χ0v) is 18.5. The van der Waals surface area contributed by atoms with Crippen LogP contribution in [0.2, 0.25) is 0 Å². The average molecular weight is 446 g/mol. The number of amides is 2. The molecule has 1 heterocycles. The van der Waals surface area contributed by atoms with Crippen LogP contribution in [0.5, 0.6) is 0 Å². The fourth-order valence-electron chi connectivity index (χ4n) is 3.56. The highest BCUT2D eigenvalue weighted by Crippen LogP contribution is 2.30. The summed E-state index contributed by atoms with van der Waals surface area (Å²) in [5.41, 5.74) is -0.116. The SMILES string of the molecule is CCOC(=O)C1(NC(=O)c2cccc(NC(=O)CSc3nncn3C)c2)CCCCC1. The average Bonchev–Trinajstić information content (AvgIpc) is 3.18. The summed E-state index contributed by atoms with van der Waals surface area (Å²) in [6.45, 7) is 2.02. The zero-order valence-electron chi connectivity index (χ0n) is 17.7. The summed E-state index contributed by atoms with van der Waals surface area (Å²) in [5, 5.41) is 14.0. The lowest BCUT2D eigenvalue weighted by molar-refractivity contribution is -0.152. The molecule has 0 aliphatic heterocycles. The van der Waals surface area contributed by atoms with Gasteiger partial charge in [-0.2, -0.15) is 0 Å². The molecule has 31 heavy (non-hydrogen) atoms. The van der Waals surface area contributed by atoms with Crippen LogP contribution in [0, 0.1) is 0 Å². The first-order valence-corrected chi connectivity index (χ1v) is 11.3. The lowest BCUT2D eigenvalue weighted by Crippen LogP contribution is -2.56. The Morgan fingerprint density at radius 1 is 1.23 bits per heavy atom. The van der Waals surface area contributed by atoms with Crippen LogP contribution in [0.3, 0.4) is 0 Å². The van der Waals surface area contributed by atoms with Gasteiger partial charge in [0, 0.05) is 18.3 Å². The van der Waals surface area contributed by atoms with Gasteiger partial charge in [0.15, 0.2) is 5.16 Å². The Labute approximate surface area is 185 Å². The van der Waals surface area contributed by atoms with Crippen LogP contribution in [-0.2, 0) is 21.4 Å². The molecule has 2 amide bonds. The molecule has 1 fully saturated rings. The topological polar surface area (TPSA) is 115 Å². The van der Waals surface area contributed by atoms with Crippen LogP contribution in [0.1, 0.15) is 49.4 Å². The molecule has 3 rings (SSSR count). The molecule has 0 radical (unpaired) electrons. The van der Waals surface area contributed by atoms with E-state index in [1.165, 1.54) is 11.8 Å². The van der Waals surface area contributed by atoms with Crippen molar-refractivity contribution in [1.29, 1.82) is 0 Å². The molecule has 1 aliphatic rings. The predicted molar refractivity (Wildman–Crippen MR) is 117 cm³/mol. The number of ether oxygens (including phenoxy) is 1. The molecule has 0 atom stereocenters. The predicted octanol–water partition coefficient (Wildman–Crippen LogP) is 2.54. The Hall–Kier alpha value is -2.88. The van der Waals surface area contributed by atoms with Crippen LogP contribution < -0.4 is 10.6 Å². The highest BCUT2D eigenvalue weighted by atomic mass is 32.2. The van der Waals surface area contributed by atoms with Gasteiger partial charge < -0.3 is 19.9 Å². The van der Waals surface area contributed by atoms with Crippen LogP contribution >= 0.6 is 11.8 Å². The van der Waals surface area contributed by atoms with Gasteiger partial charge in [0.1, 0.15) is 11.9 Å². The van der Waals surface area contributed by atoms with Crippen LogP contribution in [0.4, 0.5) is 5.69 Å². The van der Waals surface area contributed by atoms with Crippen molar-refractivity contribution < 1.29 is 19.1 Å². The number of carbonyl (C=O) groups excluding carboxylic acids is 3. The fraction of sp³-hybridized carbons (Fsp3) is 0.476. The minimum Gasteiger partial charge on any atom is -0.464 e. The maximum absolute atomic E-state index is 12.9. The van der Waals surface area contributed by atoms with Crippen molar-refractivity contribution in [2.24, 2.45) is 7.05 Å². The smallest absolute Gasteiger partial charge is 0.331 e. The number of aromatic nitrogens is 3. The summed E-state index contributed by atoms with van der Waals surface area (Å²) in [6, 6.07) is 6.66. The number of thioether (sulfide) groups is 1. The Morgan fingerprint density at radius 3 is 2.68 bits per heavy atom. The van der Waals surface area contributed by atoms with E-state index < -0.39 is 5.54 Å². The Bertz CT molecular complexity index is 939. The number of anilines is 1. The summed E-state index contributed by atoms with van der Waals surface area (Å²) in [5.74, 6) is -0.803. The number of hydrogen-bond acceptors (Lipinski definition) is 7. The van der Waals surface area contributed by atoms with Crippen LogP contribution in [-0.4, -0.2) is 50.4 Å². The quantitative estimate of drug-likeness (QED) is 0.474. The fourth-order valence-corrected chi connectivity index (χ4v) is 4.25. The standard InChI is InChI=1S/C21H27N5O4S/c1-3-30-19(29)21(10-5-4-6-11-21)24-18(28)15-8-7-9-16(12-15)23-17(27)13-31-20-25-22-14-26(20)2/h7-9,12,14H,3-6,10-11,13H2,1-2H3,(H,23,27)(H,24,28). The van der Waals surface area contributed by atoms with Crippen molar-refractivity contribution in [2.45, 2.75) is 49.7 Å². The zero-order chi connectivity index (χ0) is 22.3. The van der Waals surface area contributed by atoms with E-state index in [9.17, 15) is 14.4 Å². The Balaban J connectivity index is 1.64. The molecule has 9 nitrogen and oxygen atoms in total. The van der Waals surface area contributed by atoms with Crippen molar-refractivity contribution in [3.63, 3.8) is 0 Å². The summed E-state index contributed by atoms with van der Waals surface area (Å²) >= 11 is 1.27. The van der Waals surface area contributed by atoms with Crippen molar-refractivity contribution >= 4 is 35.2 Å². The number of hydrogen-bond donors (Lipinski definition) is 2. The highest BCUT2D eigenvalue weighted by molar-refractivity contribution is 7.99. The minimum absolute atomic E-state index is 0.162. The van der Waals surface area contributed by atoms with E-state index >= 15 is 0 Å². The largest absolute Gasteiger partial charge is 0.464 e. The first-order valence-electron chi connectivity index (χ1n) is 10.3. The molecule has 0 spiro atoms. The van der Waals surface area contributed by atoms with E-state index in [4.69, 9.17) is 4.74 Å². The van der Waals surface area contributed by atoms with Crippen LogP contribution in [0.25, 0.3) is 0 Å². The molecular formula is C21H27N5O4S. The highest BCUT2D eigenvalue weighted by Gasteiger charge is 2.42. The summed E-state index contributed by atoms with van der Waals surface area (Å²) in [4.78, 5) is 37.8. The molecule has 166 valence electrons. The number of carbonyl (C=O) groups is 3. The van der Waals surface area contributed by atoms with E-state index in [-0.39, 0.29) is 30.1 Å². The molecule has 1 saturated carbocycles. The van der Waals surface area contributed by atoms with Gasteiger partial charge in [-0.15, -0.1) is 10.2 Å². The third-order valence-electron chi connectivity index (χ3n) is 5.14. The monoisotopic (exact) mass is 445 g/mol. The second-order valence-electron chi connectivity index (χ2n) is 7.46. The number of rotatable bonds is 8. The van der Waals surface area contributed by atoms with E-state index in [1.54, 1.807) is 49.1 Å². The van der Waals surface area contributed by atoms with Crippen molar-refractivity contribution in [1.82, 2.24) is 20.1 Å². The molecule has 10 heteroatoms. The normalized spacial score (nSPS) is 15.2. The number of nitrogens with zero attached hydrogens (tertiary/aromatic N) is 3. The van der Waals surface area contributed by atoms with Gasteiger partial charge >= 0.3 is 5.97 Å². The Kier molecular flexibility index (Phi) is 7.67. The van der Waals surface area contributed by atoms with E-state index in [0.717, 1.165) is 19.3 Å². The van der Waals surface area contributed by atoms with Gasteiger partial charge in [0.25, 0.3) is 5.91 Å². The Morgan fingerprint density at radius 2 is 2.00 bits per heavy atom. The molecule has 0 saturated heterocycles. The number of nitrogens with one attached hydrogen (secondary N) is 2. The van der Waals surface area contributed by atoms with Gasteiger partial charge in [-0.1, -0.05) is 37.1 Å². The van der Waals surface area contributed by atoms with Crippen molar-refractivity contribution in [2.75, 3.05) is 17.7 Å². The second-order valence-corrected chi connectivity index (χ2v) is 8.40. The van der Waals surface area contributed by atoms with Gasteiger partial charge in [-0.3, -0.25) is 9.59 Å². The van der Waals surface area contributed by atoms with Gasteiger partial charge in [0.05, 0.1) is 12.4 Å². The molecule has 1 aromatic heterocycles. The molecular weight excluding hydrogens is 418 g/mol. The number of aryl methyl sites for hydroxylation is 1. The van der Waals surface area contributed by atoms with Crippen molar-refractivity contribution in [3.8, 4) is 0 Å².